The Kier molecular flexibility index (Phi) is 4.45. The number of hydrogen-bond donors (Lipinski definition) is 0. The van der Waals surface area contributed by atoms with Crippen molar-refractivity contribution in [3.05, 3.63) is 35.9 Å². The van der Waals surface area contributed by atoms with Crippen LogP contribution in [0.3, 0.4) is 0 Å². The molecule has 15 heavy (non-hydrogen) atoms. The van der Waals surface area contributed by atoms with E-state index in [1.165, 1.54) is 29.9 Å². The second-order valence-corrected chi connectivity index (χ2v) is 6.99. The zero-order chi connectivity index (χ0) is 10.5. The number of hydrogen-bond acceptors (Lipinski definition) is 2. The van der Waals surface area contributed by atoms with Crippen molar-refractivity contribution in [3.63, 3.8) is 0 Å². The van der Waals surface area contributed by atoms with Gasteiger partial charge in [0.15, 0.2) is 0 Å². The minimum absolute atomic E-state index is 0.703. The molecule has 1 aliphatic rings. The van der Waals surface area contributed by atoms with E-state index in [0.29, 0.717) is 5.92 Å². The predicted molar refractivity (Wildman–Crippen MR) is 72.8 cm³/mol. The van der Waals surface area contributed by atoms with Crippen LogP contribution in [0.2, 0.25) is 0 Å². The molecule has 0 aliphatic carbocycles. The first-order valence-corrected chi connectivity index (χ1v) is 7.74. The van der Waals surface area contributed by atoms with Gasteiger partial charge in [-0.3, -0.25) is 0 Å². The lowest BCUT2D eigenvalue weighted by atomic mass is 9.99. The summed E-state index contributed by atoms with van der Waals surface area (Å²) < 4.78 is 0.828. The average Bonchev–Trinajstić information content (AvgIpc) is 2.31. The van der Waals surface area contributed by atoms with E-state index in [9.17, 15) is 0 Å². The lowest BCUT2D eigenvalue weighted by Crippen LogP contribution is -2.10. The average molecular weight is 238 g/mol. The van der Waals surface area contributed by atoms with E-state index < -0.39 is 0 Å². The van der Waals surface area contributed by atoms with Crippen LogP contribution in [0.25, 0.3) is 0 Å². The summed E-state index contributed by atoms with van der Waals surface area (Å²) in [5, 5.41) is 0. The third-order valence-electron chi connectivity index (χ3n) is 2.81. The van der Waals surface area contributed by atoms with Crippen LogP contribution >= 0.6 is 23.5 Å². The molecule has 1 atom stereocenters. The molecule has 0 spiro atoms. The van der Waals surface area contributed by atoms with Crippen LogP contribution < -0.4 is 0 Å². The summed E-state index contributed by atoms with van der Waals surface area (Å²) in [6.45, 7) is 2.35. The molecule has 1 aromatic rings. The fourth-order valence-electron chi connectivity index (χ4n) is 1.88. The highest BCUT2D eigenvalue weighted by molar-refractivity contribution is 8.17. The van der Waals surface area contributed by atoms with Crippen LogP contribution in [0, 0.1) is 0 Å². The molecule has 2 rings (SSSR count). The number of benzene rings is 1. The highest BCUT2D eigenvalue weighted by atomic mass is 32.2. The predicted octanol–water partition coefficient (Wildman–Crippen LogP) is 4.38. The third kappa shape index (κ3) is 3.46. The molecule has 82 valence electrons. The van der Waals surface area contributed by atoms with Crippen molar-refractivity contribution in [3.8, 4) is 0 Å². The summed E-state index contributed by atoms with van der Waals surface area (Å²) in [5.41, 5.74) is 1.49. The van der Waals surface area contributed by atoms with Gasteiger partial charge in [-0.05, 0) is 35.8 Å². The van der Waals surface area contributed by atoms with Gasteiger partial charge in [-0.25, -0.2) is 0 Å². The molecule has 1 saturated heterocycles. The second kappa shape index (κ2) is 5.86. The molecule has 1 unspecified atom stereocenters. The van der Waals surface area contributed by atoms with Crippen molar-refractivity contribution in [1.82, 2.24) is 0 Å². The summed E-state index contributed by atoms with van der Waals surface area (Å²) >= 11 is 4.30. The largest absolute Gasteiger partial charge is 0.148 e. The summed E-state index contributed by atoms with van der Waals surface area (Å²) in [6, 6.07) is 10.9. The van der Waals surface area contributed by atoms with E-state index in [-0.39, 0.29) is 0 Å². The zero-order valence-corrected chi connectivity index (χ0v) is 10.8. The van der Waals surface area contributed by atoms with Gasteiger partial charge < -0.3 is 0 Å². The van der Waals surface area contributed by atoms with Gasteiger partial charge in [0.1, 0.15) is 0 Å². The quantitative estimate of drug-likeness (QED) is 0.766. The van der Waals surface area contributed by atoms with E-state index in [2.05, 4.69) is 60.8 Å². The zero-order valence-electron chi connectivity index (χ0n) is 9.19. The molecule has 1 heterocycles. The SMILES string of the molecule is CC(CC1SCCCS1)c1ccccc1. The van der Waals surface area contributed by atoms with Gasteiger partial charge in [0.05, 0.1) is 4.58 Å². The van der Waals surface area contributed by atoms with Crippen molar-refractivity contribution in [2.45, 2.75) is 30.3 Å². The van der Waals surface area contributed by atoms with Gasteiger partial charge in [0, 0.05) is 0 Å². The van der Waals surface area contributed by atoms with Crippen molar-refractivity contribution < 1.29 is 0 Å². The molecule has 0 saturated carbocycles. The third-order valence-corrected chi connectivity index (χ3v) is 5.80. The fourth-order valence-corrected chi connectivity index (χ4v) is 5.02. The highest BCUT2D eigenvalue weighted by Gasteiger charge is 2.17. The maximum Gasteiger partial charge on any atom is 0.0508 e. The van der Waals surface area contributed by atoms with Crippen LogP contribution in [0.15, 0.2) is 30.3 Å². The first-order chi connectivity index (χ1) is 7.36. The summed E-state index contributed by atoms with van der Waals surface area (Å²) in [6.07, 6.45) is 2.71. The topological polar surface area (TPSA) is 0 Å². The van der Waals surface area contributed by atoms with Crippen molar-refractivity contribution in [2.75, 3.05) is 11.5 Å². The van der Waals surface area contributed by atoms with Crippen LogP contribution in [-0.4, -0.2) is 16.1 Å². The molecule has 0 aromatic heterocycles. The van der Waals surface area contributed by atoms with Gasteiger partial charge in [-0.15, -0.1) is 23.5 Å². The van der Waals surface area contributed by atoms with E-state index in [0.717, 1.165) is 4.58 Å². The molecular formula is C13H18S2. The fraction of sp³-hybridized carbons (Fsp3) is 0.538. The Morgan fingerprint density at radius 3 is 2.53 bits per heavy atom. The standard InChI is InChI=1S/C13H18S2/c1-11(12-6-3-2-4-7-12)10-13-14-8-5-9-15-13/h2-4,6-7,11,13H,5,8-10H2,1H3. The Hall–Kier alpha value is -0.0800. The van der Waals surface area contributed by atoms with E-state index in [1.54, 1.807) is 0 Å². The Bertz CT molecular complexity index is 278. The van der Waals surface area contributed by atoms with E-state index in [1.807, 2.05) is 0 Å². The van der Waals surface area contributed by atoms with Gasteiger partial charge in [0.2, 0.25) is 0 Å². The highest BCUT2D eigenvalue weighted by Crippen LogP contribution is 2.37. The summed E-state index contributed by atoms with van der Waals surface area (Å²) in [5.74, 6) is 3.42. The van der Waals surface area contributed by atoms with Crippen LogP contribution in [0.1, 0.15) is 31.2 Å². The van der Waals surface area contributed by atoms with Gasteiger partial charge >= 0.3 is 0 Å². The van der Waals surface area contributed by atoms with Crippen molar-refractivity contribution >= 4 is 23.5 Å². The molecule has 0 bridgehead atoms. The second-order valence-electron chi connectivity index (χ2n) is 4.07. The van der Waals surface area contributed by atoms with Crippen molar-refractivity contribution in [2.24, 2.45) is 0 Å². The van der Waals surface area contributed by atoms with E-state index in [4.69, 9.17) is 0 Å². The monoisotopic (exact) mass is 238 g/mol. The molecule has 0 N–H and O–H groups in total. The first kappa shape index (κ1) is 11.4. The molecule has 0 nitrogen and oxygen atoms in total. The summed E-state index contributed by atoms with van der Waals surface area (Å²) in [7, 11) is 0. The number of rotatable bonds is 3. The maximum absolute atomic E-state index is 2.35. The maximum atomic E-state index is 2.35. The Balaban J connectivity index is 1.88. The minimum atomic E-state index is 0.703. The van der Waals surface area contributed by atoms with Gasteiger partial charge in [-0.2, -0.15) is 0 Å². The smallest absolute Gasteiger partial charge is 0.0508 e. The normalized spacial score (nSPS) is 20.1. The van der Waals surface area contributed by atoms with Crippen LogP contribution in [-0.2, 0) is 0 Å². The molecule has 2 heteroatoms. The lowest BCUT2D eigenvalue weighted by Gasteiger charge is -2.24. The Morgan fingerprint density at radius 2 is 1.87 bits per heavy atom. The molecule has 1 aliphatic heterocycles. The van der Waals surface area contributed by atoms with Crippen LogP contribution in [0.4, 0.5) is 0 Å². The molecular weight excluding hydrogens is 220 g/mol. The summed E-state index contributed by atoms with van der Waals surface area (Å²) in [4.78, 5) is 0. The molecule has 0 amide bonds. The van der Waals surface area contributed by atoms with Crippen molar-refractivity contribution in [1.29, 1.82) is 0 Å². The van der Waals surface area contributed by atoms with E-state index >= 15 is 0 Å². The minimum Gasteiger partial charge on any atom is -0.148 e. The molecule has 1 fully saturated rings. The Morgan fingerprint density at radius 1 is 1.20 bits per heavy atom. The first-order valence-electron chi connectivity index (χ1n) is 5.64. The molecule has 0 radical (unpaired) electrons. The van der Waals surface area contributed by atoms with Gasteiger partial charge in [0.25, 0.3) is 0 Å². The number of thioether (sulfide) groups is 2. The lowest BCUT2D eigenvalue weighted by molar-refractivity contribution is 0.722. The van der Waals surface area contributed by atoms with Gasteiger partial charge in [-0.1, -0.05) is 37.3 Å². The molecule has 1 aromatic carbocycles. The van der Waals surface area contributed by atoms with Crippen LogP contribution in [0.5, 0.6) is 0 Å². The Labute approximate surface area is 101 Å².